The van der Waals surface area contributed by atoms with Crippen molar-refractivity contribution < 1.29 is 4.42 Å². The molecule has 0 saturated carbocycles. The number of fused-ring (bicyclic) bond motifs is 5. The minimum Gasteiger partial charge on any atom is -0.435 e. The fourth-order valence-electron chi connectivity index (χ4n) is 6.98. The van der Waals surface area contributed by atoms with Gasteiger partial charge in [0.2, 0.25) is 5.89 Å². The van der Waals surface area contributed by atoms with Crippen molar-refractivity contribution in [2.24, 2.45) is 0 Å². The molecule has 5 aromatic heterocycles. The van der Waals surface area contributed by atoms with Gasteiger partial charge in [-0.05, 0) is 83.9 Å². The quantitative estimate of drug-likeness (QED) is 0.175. The van der Waals surface area contributed by atoms with Crippen LogP contribution in [0.25, 0.3) is 95.1 Å². The Bertz CT molecular complexity index is 2880. The van der Waals surface area contributed by atoms with Crippen molar-refractivity contribution in [1.29, 1.82) is 0 Å². The summed E-state index contributed by atoms with van der Waals surface area (Å²) in [4.78, 5) is 23.5. The summed E-state index contributed by atoms with van der Waals surface area (Å²) in [5, 5.41) is 2.12. The minimum atomic E-state index is 0.607. The number of oxazole rings is 1. The first kappa shape index (κ1) is 29.6. The zero-order chi connectivity index (χ0) is 34.4. The van der Waals surface area contributed by atoms with Gasteiger partial charge in [0.1, 0.15) is 5.52 Å². The minimum absolute atomic E-state index is 0.607. The van der Waals surface area contributed by atoms with Crippen LogP contribution in [0.5, 0.6) is 0 Å². The number of para-hydroxylation sites is 1. The zero-order valence-electron chi connectivity index (χ0n) is 27.8. The van der Waals surface area contributed by atoms with Crippen LogP contribution in [-0.2, 0) is 0 Å². The maximum atomic E-state index is 6.51. The van der Waals surface area contributed by atoms with Crippen LogP contribution in [0.1, 0.15) is 0 Å². The molecule has 0 spiro atoms. The summed E-state index contributed by atoms with van der Waals surface area (Å²) in [6.07, 6.45) is 7.20. The monoisotopic (exact) mass is 668 g/mol. The molecule has 0 saturated heterocycles. The summed E-state index contributed by atoms with van der Waals surface area (Å²) >= 11 is 0. The summed E-state index contributed by atoms with van der Waals surface area (Å²) < 4.78 is 8.79. The van der Waals surface area contributed by atoms with Crippen LogP contribution in [0.3, 0.4) is 0 Å². The van der Waals surface area contributed by atoms with E-state index in [4.69, 9.17) is 19.4 Å². The van der Waals surface area contributed by atoms with Gasteiger partial charge in [0.25, 0.3) is 0 Å². The molecular formula is C45H28N6O. The highest BCUT2D eigenvalue weighted by Gasteiger charge is 2.20. The zero-order valence-corrected chi connectivity index (χ0v) is 27.8. The van der Waals surface area contributed by atoms with E-state index in [2.05, 4.69) is 93.4 Å². The first-order valence-corrected chi connectivity index (χ1v) is 17.1. The van der Waals surface area contributed by atoms with Crippen molar-refractivity contribution in [1.82, 2.24) is 29.5 Å². The van der Waals surface area contributed by atoms with Crippen LogP contribution in [0.15, 0.2) is 175 Å². The van der Waals surface area contributed by atoms with Gasteiger partial charge in [-0.3, -0.25) is 9.97 Å². The Morgan fingerprint density at radius 3 is 1.85 bits per heavy atom. The van der Waals surface area contributed by atoms with Crippen LogP contribution in [-0.4, -0.2) is 29.5 Å². The third-order valence-corrected chi connectivity index (χ3v) is 9.47. The third kappa shape index (κ3) is 5.11. The molecule has 0 atom stereocenters. The molecule has 5 heterocycles. The Kier molecular flexibility index (Phi) is 6.99. The molecule has 7 heteroatoms. The van der Waals surface area contributed by atoms with Gasteiger partial charge >= 0.3 is 0 Å². The maximum absolute atomic E-state index is 6.51. The molecular weight excluding hydrogens is 641 g/mol. The van der Waals surface area contributed by atoms with Gasteiger partial charge in [0.15, 0.2) is 11.4 Å². The molecule has 0 fully saturated rings. The van der Waals surface area contributed by atoms with Crippen LogP contribution < -0.4 is 0 Å². The van der Waals surface area contributed by atoms with Gasteiger partial charge in [0, 0.05) is 58.1 Å². The highest BCUT2D eigenvalue weighted by atomic mass is 16.3. The summed E-state index contributed by atoms with van der Waals surface area (Å²) in [7, 11) is 0. The summed E-state index contributed by atoms with van der Waals surface area (Å²) in [6, 6.07) is 49.6. The average Bonchev–Trinajstić information content (AvgIpc) is 3.82. The molecule has 0 aliphatic rings. The molecule has 0 unspecified atom stereocenters. The van der Waals surface area contributed by atoms with E-state index in [0.29, 0.717) is 11.7 Å². The number of aromatic nitrogens is 6. The van der Waals surface area contributed by atoms with Gasteiger partial charge in [0.05, 0.1) is 27.8 Å². The molecule has 244 valence electrons. The molecule has 0 N–H and O–H groups in total. The fraction of sp³-hybridized carbons (Fsp3) is 0. The lowest BCUT2D eigenvalue weighted by atomic mass is 10.0. The topological polar surface area (TPSA) is 82.5 Å². The van der Waals surface area contributed by atoms with E-state index in [0.717, 1.165) is 83.4 Å². The lowest BCUT2D eigenvalue weighted by Gasteiger charge is -2.12. The normalized spacial score (nSPS) is 11.5. The lowest BCUT2D eigenvalue weighted by Crippen LogP contribution is -1.98. The standard InChI is InChI=1S/C45H28N6O/c1-2-7-33(8-3-1)45-50-37-17-18-41-42(43(37)52-45)36-11-4-5-12-40(36)51(41)35-10-6-9-34(27-35)44-48-38(28-39(49-44)32-21-25-47-26-22-32)31-15-13-29(14-16-31)30-19-23-46-24-20-30/h1-28H. The summed E-state index contributed by atoms with van der Waals surface area (Å²) in [6.45, 7) is 0. The van der Waals surface area contributed by atoms with Crippen molar-refractivity contribution in [3.05, 3.63) is 170 Å². The fourth-order valence-corrected chi connectivity index (χ4v) is 6.98. The maximum Gasteiger partial charge on any atom is 0.227 e. The van der Waals surface area contributed by atoms with E-state index in [9.17, 15) is 0 Å². The van der Waals surface area contributed by atoms with Crippen LogP contribution in [0.4, 0.5) is 0 Å². The van der Waals surface area contributed by atoms with Crippen LogP contribution in [0.2, 0.25) is 0 Å². The molecule has 10 aromatic rings. The van der Waals surface area contributed by atoms with Crippen molar-refractivity contribution in [3.63, 3.8) is 0 Å². The van der Waals surface area contributed by atoms with Gasteiger partial charge in [-0.2, -0.15) is 0 Å². The Morgan fingerprint density at radius 2 is 1.08 bits per heavy atom. The predicted octanol–water partition coefficient (Wildman–Crippen LogP) is 10.8. The molecule has 5 aromatic carbocycles. The molecule has 0 radical (unpaired) electrons. The van der Waals surface area contributed by atoms with E-state index in [1.165, 1.54) is 0 Å². The highest BCUT2D eigenvalue weighted by molar-refractivity contribution is 6.19. The smallest absolute Gasteiger partial charge is 0.227 e. The van der Waals surface area contributed by atoms with Gasteiger partial charge in [-0.15, -0.1) is 0 Å². The second-order valence-corrected chi connectivity index (χ2v) is 12.6. The number of hydrogen-bond acceptors (Lipinski definition) is 6. The van der Waals surface area contributed by atoms with Crippen molar-refractivity contribution in [2.45, 2.75) is 0 Å². The van der Waals surface area contributed by atoms with E-state index < -0.39 is 0 Å². The Morgan fingerprint density at radius 1 is 0.442 bits per heavy atom. The molecule has 0 aliphatic heterocycles. The third-order valence-electron chi connectivity index (χ3n) is 9.47. The molecule has 0 aliphatic carbocycles. The van der Waals surface area contributed by atoms with Crippen LogP contribution >= 0.6 is 0 Å². The Labute approximate surface area is 298 Å². The molecule has 0 bridgehead atoms. The predicted molar refractivity (Wildman–Crippen MR) is 207 cm³/mol. The van der Waals surface area contributed by atoms with Crippen molar-refractivity contribution >= 4 is 32.9 Å². The van der Waals surface area contributed by atoms with E-state index in [1.807, 2.05) is 79.1 Å². The lowest BCUT2D eigenvalue weighted by molar-refractivity contribution is 0.623. The average molecular weight is 669 g/mol. The van der Waals surface area contributed by atoms with E-state index >= 15 is 0 Å². The molecule has 0 amide bonds. The molecule has 10 rings (SSSR count). The van der Waals surface area contributed by atoms with E-state index in [-0.39, 0.29) is 0 Å². The molecule has 52 heavy (non-hydrogen) atoms. The molecule has 7 nitrogen and oxygen atoms in total. The number of hydrogen-bond donors (Lipinski definition) is 0. The van der Waals surface area contributed by atoms with Gasteiger partial charge in [-0.25, -0.2) is 15.0 Å². The summed E-state index contributed by atoms with van der Waals surface area (Å²) in [5.41, 5.74) is 12.4. The van der Waals surface area contributed by atoms with Crippen molar-refractivity contribution in [3.8, 4) is 62.2 Å². The second-order valence-electron chi connectivity index (χ2n) is 12.6. The van der Waals surface area contributed by atoms with E-state index in [1.54, 1.807) is 12.4 Å². The first-order chi connectivity index (χ1) is 25.8. The van der Waals surface area contributed by atoms with Crippen LogP contribution in [0, 0.1) is 0 Å². The SMILES string of the molecule is c1ccc(-c2nc3ccc4c(c5ccccc5n4-c4cccc(-c5nc(-c6ccncc6)cc(-c6ccc(-c7ccncc7)cc6)n5)c4)c3o2)cc1. The first-order valence-electron chi connectivity index (χ1n) is 17.1. The largest absolute Gasteiger partial charge is 0.435 e. The second kappa shape index (κ2) is 12.3. The Balaban J connectivity index is 1.12. The number of pyridine rings is 2. The van der Waals surface area contributed by atoms with Gasteiger partial charge in [-0.1, -0.05) is 72.8 Å². The number of rotatable bonds is 6. The van der Waals surface area contributed by atoms with Crippen molar-refractivity contribution in [2.75, 3.05) is 0 Å². The highest BCUT2D eigenvalue weighted by Crippen LogP contribution is 2.39. The summed E-state index contributed by atoms with van der Waals surface area (Å²) in [5.74, 6) is 1.24. The number of nitrogens with zero attached hydrogens (tertiary/aromatic N) is 6. The number of benzene rings is 5. The van der Waals surface area contributed by atoms with Gasteiger partial charge < -0.3 is 8.98 Å². The Hall–Kier alpha value is -7.25.